The van der Waals surface area contributed by atoms with Crippen molar-refractivity contribution < 1.29 is 0 Å². The minimum Gasteiger partial charge on any atom is -0.399 e. The molecule has 0 unspecified atom stereocenters. The molecule has 0 atom stereocenters. The van der Waals surface area contributed by atoms with Gasteiger partial charge in [-0.2, -0.15) is 0 Å². The molecule has 0 saturated heterocycles. The molecule has 0 amide bonds. The van der Waals surface area contributed by atoms with Gasteiger partial charge >= 0.3 is 0 Å². The predicted octanol–water partition coefficient (Wildman–Crippen LogP) is 4.12. The molecule has 0 aliphatic carbocycles. The number of rotatable bonds is 2. The van der Waals surface area contributed by atoms with E-state index in [0.29, 0.717) is 10.3 Å². The molecule has 0 bridgehead atoms. The van der Waals surface area contributed by atoms with E-state index in [-0.39, 0.29) is 0 Å². The summed E-state index contributed by atoms with van der Waals surface area (Å²) in [5, 5.41) is 0.788. The molecule has 0 aliphatic rings. The molecular weight excluding hydrogens is 263 g/mol. The molecule has 5 heteroatoms. The number of aromatic nitrogens is 1. The Balaban J connectivity index is 2.23. The Labute approximate surface area is 108 Å². The van der Waals surface area contributed by atoms with Crippen LogP contribution in [0.1, 0.15) is 0 Å². The Morgan fingerprint density at radius 2 is 1.50 bits per heavy atom. The maximum atomic E-state index is 5.81. The SMILES string of the molecule is Nc1ccc(Sc2cc(Cl)nc(Cl)c2)cc1. The first kappa shape index (κ1) is 11.6. The first-order chi connectivity index (χ1) is 7.63. The van der Waals surface area contributed by atoms with Gasteiger partial charge in [-0.25, -0.2) is 4.98 Å². The summed E-state index contributed by atoms with van der Waals surface area (Å²) in [4.78, 5) is 5.92. The smallest absolute Gasteiger partial charge is 0.131 e. The van der Waals surface area contributed by atoms with Gasteiger partial charge in [0.1, 0.15) is 10.3 Å². The molecule has 82 valence electrons. The molecule has 0 spiro atoms. The van der Waals surface area contributed by atoms with Gasteiger partial charge in [0.05, 0.1) is 0 Å². The van der Waals surface area contributed by atoms with Crippen LogP contribution in [-0.2, 0) is 0 Å². The summed E-state index contributed by atoms with van der Waals surface area (Å²) in [7, 11) is 0. The molecule has 0 fully saturated rings. The van der Waals surface area contributed by atoms with Gasteiger partial charge in [0.2, 0.25) is 0 Å². The number of nitrogens with zero attached hydrogens (tertiary/aromatic N) is 1. The fourth-order valence-corrected chi connectivity index (χ4v) is 2.65. The van der Waals surface area contributed by atoms with Gasteiger partial charge < -0.3 is 5.73 Å². The number of halogens is 2. The van der Waals surface area contributed by atoms with E-state index in [1.165, 1.54) is 0 Å². The summed E-state index contributed by atoms with van der Waals surface area (Å²) in [5.41, 5.74) is 6.35. The number of hydrogen-bond acceptors (Lipinski definition) is 3. The molecule has 0 saturated carbocycles. The zero-order valence-electron chi connectivity index (χ0n) is 8.15. The molecular formula is C11H8Cl2N2S. The van der Waals surface area contributed by atoms with Gasteiger partial charge in [0, 0.05) is 15.5 Å². The highest BCUT2D eigenvalue weighted by atomic mass is 35.5. The van der Waals surface area contributed by atoms with Crippen molar-refractivity contribution in [2.75, 3.05) is 5.73 Å². The van der Waals surface area contributed by atoms with Crippen LogP contribution in [0.4, 0.5) is 5.69 Å². The molecule has 1 aromatic carbocycles. The van der Waals surface area contributed by atoms with Crippen molar-refractivity contribution in [3.8, 4) is 0 Å². The summed E-state index contributed by atoms with van der Waals surface area (Å²) in [6.45, 7) is 0. The van der Waals surface area contributed by atoms with Gasteiger partial charge in [-0.05, 0) is 36.4 Å². The number of hydrogen-bond donors (Lipinski definition) is 1. The third kappa shape index (κ3) is 3.04. The largest absolute Gasteiger partial charge is 0.399 e. The molecule has 0 aliphatic heterocycles. The number of anilines is 1. The maximum absolute atomic E-state index is 5.81. The Hall–Kier alpha value is -0.900. The van der Waals surface area contributed by atoms with Crippen LogP contribution in [0.3, 0.4) is 0 Å². The zero-order chi connectivity index (χ0) is 11.5. The molecule has 2 N–H and O–H groups in total. The van der Waals surface area contributed by atoms with E-state index in [1.807, 2.05) is 24.3 Å². The lowest BCUT2D eigenvalue weighted by molar-refractivity contribution is 1.26. The third-order valence-corrected chi connectivity index (χ3v) is 3.22. The van der Waals surface area contributed by atoms with Crippen molar-refractivity contribution in [3.63, 3.8) is 0 Å². The molecule has 2 nitrogen and oxygen atoms in total. The summed E-state index contributed by atoms with van der Waals surface area (Å²) >= 11 is 13.2. The Bertz CT molecular complexity index is 480. The van der Waals surface area contributed by atoms with Crippen molar-refractivity contribution in [2.45, 2.75) is 9.79 Å². The van der Waals surface area contributed by atoms with Gasteiger partial charge in [-0.15, -0.1) is 0 Å². The highest BCUT2D eigenvalue weighted by Crippen LogP contribution is 2.30. The minimum absolute atomic E-state index is 0.394. The van der Waals surface area contributed by atoms with Crippen LogP contribution in [0.2, 0.25) is 10.3 Å². The standard InChI is InChI=1S/C11H8Cl2N2S/c12-10-5-9(6-11(13)15-10)16-8-3-1-7(14)2-4-8/h1-6H,14H2. The fraction of sp³-hybridized carbons (Fsp3) is 0. The van der Waals surface area contributed by atoms with Crippen molar-refractivity contribution >= 4 is 40.7 Å². The lowest BCUT2D eigenvalue weighted by Crippen LogP contribution is -1.83. The summed E-state index contributed by atoms with van der Waals surface area (Å²) in [5.74, 6) is 0. The first-order valence-corrected chi connectivity index (χ1v) is 6.07. The second-order valence-corrected chi connectivity index (χ2v) is 5.04. The van der Waals surface area contributed by atoms with Crippen molar-refractivity contribution in [1.29, 1.82) is 0 Å². The molecule has 2 rings (SSSR count). The van der Waals surface area contributed by atoms with E-state index in [4.69, 9.17) is 28.9 Å². The summed E-state index contributed by atoms with van der Waals surface area (Å²) < 4.78 is 0. The zero-order valence-corrected chi connectivity index (χ0v) is 10.5. The van der Waals surface area contributed by atoms with Crippen LogP contribution < -0.4 is 5.73 Å². The Morgan fingerprint density at radius 1 is 0.938 bits per heavy atom. The van der Waals surface area contributed by atoms with Gasteiger partial charge in [-0.1, -0.05) is 35.0 Å². The highest BCUT2D eigenvalue weighted by Gasteiger charge is 2.01. The van der Waals surface area contributed by atoms with Crippen LogP contribution in [0, 0.1) is 0 Å². The van der Waals surface area contributed by atoms with E-state index >= 15 is 0 Å². The Kier molecular flexibility index (Phi) is 3.59. The normalized spacial score (nSPS) is 10.4. The number of benzene rings is 1. The second kappa shape index (κ2) is 4.95. The first-order valence-electron chi connectivity index (χ1n) is 4.50. The van der Waals surface area contributed by atoms with E-state index in [1.54, 1.807) is 23.9 Å². The van der Waals surface area contributed by atoms with E-state index in [9.17, 15) is 0 Å². The van der Waals surface area contributed by atoms with E-state index in [0.717, 1.165) is 15.5 Å². The van der Waals surface area contributed by atoms with Crippen LogP contribution in [-0.4, -0.2) is 4.98 Å². The summed E-state index contributed by atoms with van der Waals surface area (Å²) in [6, 6.07) is 11.1. The average molecular weight is 271 g/mol. The van der Waals surface area contributed by atoms with Crippen LogP contribution in [0.5, 0.6) is 0 Å². The Morgan fingerprint density at radius 3 is 2.06 bits per heavy atom. The number of nitrogen functional groups attached to an aromatic ring is 1. The maximum Gasteiger partial charge on any atom is 0.131 e. The predicted molar refractivity (Wildman–Crippen MR) is 69.2 cm³/mol. The topological polar surface area (TPSA) is 38.9 Å². The van der Waals surface area contributed by atoms with Crippen molar-refractivity contribution in [3.05, 3.63) is 46.7 Å². The van der Waals surface area contributed by atoms with Crippen molar-refractivity contribution in [2.24, 2.45) is 0 Å². The molecule has 16 heavy (non-hydrogen) atoms. The minimum atomic E-state index is 0.394. The molecule has 0 radical (unpaired) electrons. The van der Waals surface area contributed by atoms with Gasteiger partial charge in [0.15, 0.2) is 0 Å². The quantitative estimate of drug-likeness (QED) is 0.659. The van der Waals surface area contributed by atoms with E-state index < -0.39 is 0 Å². The number of nitrogens with two attached hydrogens (primary N) is 1. The lowest BCUT2D eigenvalue weighted by Gasteiger charge is -2.03. The third-order valence-electron chi connectivity index (χ3n) is 1.85. The van der Waals surface area contributed by atoms with Gasteiger partial charge in [0.25, 0.3) is 0 Å². The monoisotopic (exact) mass is 270 g/mol. The summed E-state index contributed by atoms with van der Waals surface area (Å²) in [6.07, 6.45) is 0. The molecule has 1 aromatic heterocycles. The highest BCUT2D eigenvalue weighted by molar-refractivity contribution is 7.99. The van der Waals surface area contributed by atoms with Gasteiger partial charge in [-0.3, -0.25) is 0 Å². The molecule has 1 heterocycles. The average Bonchev–Trinajstić information content (AvgIpc) is 2.20. The van der Waals surface area contributed by atoms with Crippen LogP contribution in [0.15, 0.2) is 46.2 Å². The second-order valence-electron chi connectivity index (χ2n) is 3.12. The molecule has 2 aromatic rings. The van der Waals surface area contributed by atoms with Crippen molar-refractivity contribution in [1.82, 2.24) is 4.98 Å². The fourth-order valence-electron chi connectivity index (χ4n) is 1.17. The van der Waals surface area contributed by atoms with Crippen LogP contribution >= 0.6 is 35.0 Å². The van der Waals surface area contributed by atoms with E-state index in [2.05, 4.69) is 4.98 Å². The van der Waals surface area contributed by atoms with Crippen LogP contribution in [0.25, 0.3) is 0 Å². The number of pyridine rings is 1. The lowest BCUT2D eigenvalue weighted by atomic mass is 10.3.